The average molecular weight is 357 g/mol. The zero-order valence-corrected chi connectivity index (χ0v) is 13.3. The van der Waals surface area contributed by atoms with Crippen LogP contribution in [0.15, 0.2) is 29.4 Å². The van der Waals surface area contributed by atoms with Crippen LogP contribution in [0.25, 0.3) is 0 Å². The Morgan fingerprint density at radius 2 is 1.92 bits per heavy atom. The second-order valence-electron chi connectivity index (χ2n) is 6.21. The number of hydrogen-bond donors (Lipinski definition) is 0. The van der Waals surface area contributed by atoms with Crippen molar-refractivity contribution in [3.05, 3.63) is 41.5 Å². The zero-order chi connectivity index (χ0) is 17.1. The number of halogens is 3. The SMILES string of the molecule is O=S(=O)(c1nc2n(n1)[C@H](c1cccc(F)c1)C[C@@H]2F)[C@H]1C[C@H](F)C1. The predicted molar refractivity (Wildman–Crippen MR) is 78.1 cm³/mol. The smallest absolute Gasteiger partial charge is 0.247 e. The van der Waals surface area contributed by atoms with Crippen LogP contribution >= 0.6 is 0 Å². The van der Waals surface area contributed by atoms with E-state index in [1.165, 1.54) is 22.9 Å². The molecule has 2 heterocycles. The molecule has 24 heavy (non-hydrogen) atoms. The topological polar surface area (TPSA) is 64.8 Å². The number of aromatic nitrogens is 3. The lowest BCUT2D eigenvalue weighted by Gasteiger charge is -2.27. The monoisotopic (exact) mass is 357 g/mol. The molecule has 2 aromatic rings. The van der Waals surface area contributed by atoms with Gasteiger partial charge in [0.2, 0.25) is 9.84 Å². The van der Waals surface area contributed by atoms with E-state index in [0.717, 1.165) is 0 Å². The Bertz CT molecular complexity index is 893. The van der Waals surface area contributed by atoms with Crippen molar-refractivity contribution in [1.82, 2.24) is 14.8 Å². The third-order valence-electron chi connectivity index (χ3n) is 4.61. The molecule has 128 valence electrons. The molecule has 0 unspecified atom stereocenters. The molecule has 0 N–H and O–H groups in total. The van der Waals surface area contributed by atoms with Crippen molar-refractivity contribution in [3.8, 4) is 0 Å². The van der Waals surface area contributed by atoms with Gasteiger partial charge in [0.25, 0.3) is 5.16 Å². The highest BCUT2D eigenvalue weighted by atomic mass is 32.2. The highest BCUT2D eigenvalue weighted by Gasteiger charge is 2.44. The van der Waals surface area contributed by atoms with Crippen LogP contribution in [0.2, 0.25) is 0 Å². The Balaban J connectivity index is 1.71. The van der Waals surface area contributed by atoms with Gasteiger partial charge in [0.15, 0.2) is 12.0 Å². The van der Waals surface area contributed by atoms with E-state index in [9.17, 15) is 21.6 Å². The minimum Gasteiger partial charge on any atom is -0.247 e. The van der Waals surface area contributed by atoms with Crippen LogP contribution in [0, 0.1) is 5.82 Å². The lowest BCUT2D eigenvalue weighted by atomic mass is 9.97. The normalized spacial score (nSPS) is 29.3. The number of benzene rings is 1. The van der Waals surface area contributed by atoms with Crippen molar-refractivity contribution in [3.63, 3.8) is 0 Å². The highest BCUT2D eigenvalue weighted by molar-refractivity contribution is 7.91. The van der Waals surface area contributed by atoms with Gasteiger partial charge in [-0.25, -0.2) is 26.3 Å². The molecule has 2 aliphatic rings. The molecule has 0 radical (unpaired) electrons. The first-order valence-corrected chi connectivity index (χ1v) is 9.15. The van der Waals surface area contributed by atoms with Crippen LogP contribution in [0.3, 0.4) is 0 Å². The first kappa shape index (κ1) is 15.6. The van der Waals surface area contributed by atoms with E-state index < -0.39 is 44.4 Å². The summed E-state index contributed by atoms with van der Waals surface area (Å²) in [5.41, 5.74) is 0.498. The van der Waals surface area contributed by atoms with Gasteiger partial charge in [-0.3, -0.25) is 0 Å². The number of hydrogen-bond acceptors (Lipinski definition) is 4. The van der Waals surface area contributed by atoms with Crippen molar-refractivity contribution < 1.29 is 21.6 Å². The Morgan fingerprint density at radius 1 is 1.17 bits per heavy atom. The van der Waals surface area contributed by atoms with Crippen LogP contribution in [-0.2, 0) is 9.84 Å². The molecule has 1 aromatic heterocycles. The largest absolute Gasteiger partial charge is 0.267 e. The Kier molecular flexibility index (Phi) is 3.45. The van der Waals surface area contributed by atoms with Gasteiger partial charge < -0.3 is 0 Å². The van der Waals surface area contributed by atoms with E-state index >= 15 is 0 Å². The van der Waals surface area contributed by atoms with Crippen molar-refractivity contribution >= 4 is 9.84 Å². The number of sulfone groups is 1. The zero-order valence-electron chi connectivity index (χ0n) is 12.4. The van der Waals surface area contributed by atoms with Crippen molar-refractivity contribution in [2.24, 2.45) is 0 Å². The van der Waals surface area contributed by atoms with Crippen LogP contribution < -0.4 is 0 Å². The lowest BCUT2D eigenvalue weighted by Crippen LogP contribution is -2.37. The maximum Gasteiger partial charge on any atom is 0.267 e. The number of nitrogens with zero attached hydrogens (tertiary/aromatic N) is 3. The molecule has 1 aromatic carbocycles. The van der Waals surface area contributed by atoms with Crippen molar-refractivity contribution in [1.29, 1.82) is 0 Å². The molecule has 5 nitrogen and oxygen atoms in total. The summed E-state index contributed by atoms with van der Waals surface area (Å²) in [6.45, 7) is 0. The maximum absolute atomic E-state index is 14.2. The molecule has 4 rings (SSSR count). The summed E-state index contributed by atoms with van der Waals surface area (Å²) in [5, 5.41) is 2.63. The van der Waals surface area contributed by atoms with E-state index in [-0.39, 0.29) is 25.1 Å². The molecule has 1 aliphatic heterocycles. The molecule has 9 heteroatoms. The third-order valence-corrected chi connectivity index (χ3v) is 6.55. The van der Waals surface area contributed by atoms with E-state index in [1.54, 1.807) is 6.07 Å². The van der Waals surface area contributed by atoms with Crippen molar-refractivity contribution in [2.75, 3.05) is 0 Å². The molecule has 0 amide bonds. The molecule has 0 saturated heterocycles. The van der Waals surface area contributed by atoms with Gasteiger partial charge in [0.05, 0.1) is 11.3 Å². The molecule has 1 saturated carbocycles. The molecule has 0 spiro atoms. The molecule has 0 bridgehead atoms. The van der Waals surface area contributed by atoms with Crippen LogP contribution in [0.1, 0.15) is 42.9 Å². The summed E-state index contributed by atoms with van der Waals surface area (Å²) in [6, 6.07) is 5.05. The Morgan fingerprint density at radius 3 is 2.58 bits per heavy atom. The number of alkyl halides is 2. The van der Waals surface area contributed by atoms with Gasteiger partial charge in [0.1, 0.15) is 12.0 Å². The number of rotatable bonds is 3. The Labute approximate surface area is 136 Å². The minimum absolute atomic E-state index is 0.0229. The summed E-state index contributed by atoms with van der Waals surface area (Å²) in [5.74, 6) is -0.549. The number of fused-ring (bicyclic) bond motifs is 1. The van der Waals surface area contributed by atoms with E-state index in [4.69, 9.17) is 0 Å². The Hall–Kier alpha value is -1.90. The summed E-state index contributed by atoms with van der Waals surface area (Å²) in [6.07, 6.45) is -2.76. The lowest BCUT2D eigenvalue weighted by molar-refractivity contribution is 0.213. The molecule has 2 atom stereocenters. The minimum atomic E-state index is -3.87. The van der Waals surface area contributed by atoms with Gasteiger partial charge in [-0.2, -0.15) is 4.98 Å². The second-order valence-corrected chi connectivity index (χ2v) is 8.33. The van der Waals surface area contributed by atoms with E-state index in [1.807, 2.05) is 0 Å². The molecule has 1 fully saturated rings. The van der Waals surface area contributed by atoms with Gasteiger partial charge >= 0.3 is 0 Å². The van der Waals surface area contributed by atoms with Crippen LogP contribution in [0.4, 0.5) is 13.2 Å². The summed E-state index contributed by atoms with van der Waals surface area (Å²) in [4.78, 5) is 3.84. The molecule has 1 aliphatic carbocycles. The summed E-state index contributed by atoms with van der Waals surface area (Å²) < 4.78 is 66.6. The fraction of sp³-hybridized carbons (Fsp3) is 0.467. The van der Waals surface area contributed by atoms with Crippen LogP contribution in [0.5, 0.6) is 0 Å². The van der Waals surface area contributed by atoms with Gasteiger partial charge in [-0.05, 0) is 30.5 Å². The van der Waals surface area contributed by atoms with Gasteiger partial charge in [0, 0.05) is 6.42 Å². The summed E-state index contributed by atoms with van der Waals surface area (Å²) >= 11 is 0. The fourth-order valence-corrected chi connectivity index (χ4v) is 4.82. The fourth-order valence-electron chi connectivity index (χ4n) is 3.17. The third kappa shape index (κ3) is 2.33. The van der Waals surface area contributed by atoms with E-state index in [2.05, 4.69) is 10.1 Å². The molecular weight excluding hydrogens is 343 g/mol. The first-order valence-electron chi connectivity index (χ1n) is 7.60. The first-order chi connectivity index (χ1) is 11.4. The van der Waals surface area contributed by atoms with Crippen LogP contribution in [-0.4, -0.2) is 34.6 Å². The standard InChI is InChI=1S/C15H14F3N3O2S/c16-9-3-1-2-8(4-9)13-7-12(18)14-19-15(20-21(13)14)24(22,23)11-5-10(17)6-11/h1-4,10-13H,5-7H2/t10-,11-,12-,13-/m0/s1. The highest BCUT2D eigenvalue weighted by Crippen LogP contribution is 2.41. The molecular formula is C15H14F3N3O2S. The van der Waals surface area contributed by atoms with Gasteiger partial charge in [-0.15, -0.1) is 5.10 Å². The summed E-state index contributed by atoms with van der Waals surface area (Å²) in [7, 11) is -3.87. The van der Waals surface area contributed by atoms with Gasteiger partial charge in [-0.1, -0.05) is 12.1 Å². The quantitative estimate of drug-likeness (QED) is 0.847. The maximum atomic E-state index is 14.2. The average Bonchev–Trinajstić information content (AvgIpc) is 3.05. The second kappa shape index (κ2) is 5.30. The van der Waals surface area contributed by atoms with E-state index in [0.29, 0.717) is 5.56 Å². The van der Waals surface area contributed by atoms with Crippen molar-refractivity contribution in [2.45, 2.75) is 48.1 Å². The predicted octanol–water partition coefficient (Wildman–Crippen LogP) is 2.70.